The summed E-state index contributed by atoms with van der Waals surface area (Å²) in [5.41, 5.74) is -0.0409. The van der Waals surface area contributed by atoms with Crippen LogP contribution in [0.25, 0.3) is 0 Å². The molecule has 1 aromatic rings. The van der Waals surface area contributed by atoms with Gasteiger partial charge in [-0.3, -0.25) is 19.0 Å². The van der Waals surface area contributed by atoms with Gasteiger partial charge in [-0.2, -0.15) is 0 Å². The predicted molar refractivity (Wildman–Crippen MR) is 97.9 cm³/mol. The van der Waals surface area contributed by atoms with Crippen molar-refractivity contribution in [1.82, 2.24) is 0 Å². The van der Waals surface area contributed by atoms with E-state index >= 15 is 0 Å². The average molecular weight is 423 g/mol. The Morgan fingerprint density at radius 1 is 1.03 bits per heavy atom. The van der Waals surface area contributed by atoms with Crippen molar-refractivity contribution >= 4 is 23.9 Å². The quantitative estimate of drug-likeness (QED) is 0.267. The van der Waals surface area contributed by atoms with Gasteiger partial charge in [0.1, 0.15) is 18.9 Å². The predicted octanol–water partition coefficient (Wildman–Crippen LogP) is 0.967. The second-order valence-corrected chi connectivity index (χ2v) is 6.48. The summed E-state index contributed by atoms with van der Waals surface area (Å²) in [6, 6.07) is 2.72. The monoisotopic (exact) mass is 423 g/mol. The molecule has 1 aromatic heterocycles. The third kappa shape index (κ3) is 5.76. The molecule has 164 valence electrons. The van der Waals surface area contributed by atoms with Gasteiger partial charge >= 0.3 is 23.9 Å². The van der Waals surface area contributed by atoms with Crippen molar-refractivity contribution in [3.63, 3.8) is 0 Å². The molecule has 0 spiro atoms. The minimum absolute atomic E-state index is 0.0409. The number of aromatic carboxylic acids is 1. The van der Waals surface area contributed by atoms with Crippen LogP contribution >= 0.6 is 0 Å². The Labute approximate surface area is 173 Å². The van der Waals surface area contributed by atoms with Crippen LogP contribution in [0.4, 0.5) is 0 Å². The van der Waals surface area contributed by atoms with Gasteiger partial charge in [0.15, 0.2) is 6.10 Å². The van der Waals surface area contributed by atoms with Crippen molar-refractivity contribution in [2.45, 2.75) is 64.6 Å². The summed E-state index contributed by atoms with van der Waals surface area (Å²) in [6.45, 7) is 4.60. The van der Waals surface area contributed by atoms with Crippen LogP contribution in [-0.2, 0) is 33.3 Å². The van der Waals surface area contributed by atoms with E-state index < -0.39 is 48.4 Å². The van der Waals surface area contributed by atoms with E-state index in [0.29, 0.717) is 0 Å². The van der Waals surface area contributed by atoms with E-state index in [0.717, 1.165) is 0 Å². The molecule has 0 unspecified atom stereocenters. The van der Waals surface area contributed by atoms with Crippen LogP contribution in [0.15, 0.2) is 18.3 Å². The normalized spacial score (nSPS) is 22.9. The van der Waals surface area contributed by atoms with E-state index in [1.54, 1.807) is 20.8 Å². The van der Waals surface area contributed by atoms with Crippen LogP contribution in [0.2, 0.25) is 0 Å². The van der Waals surface area contributed by atoms with Gasteiger partial charge < -0.3 is 24.1 Å². The number of hydrogen-bond donors (Lipinski definition) is 1. The number of carbonyl (C=O) groups is 4. The van der Waals surface area contributed by atoms with E-state index in [9.17, 15) is 24.3 Å². The van der Waals surface area contributed by atoms with Gasteiger partial charge in [-0.05, 0) is 0 Å². The summed E-state index contributed by atoms with van der Waals surface area (Å²) in [4.78, 5) is 46.9. The van der Waals surface area contributed by atoms with E-state index in [4.69, 9.17) is 18.9 Å². The lowest BCUT2D eigenvalue weighted by Crippen LogP contribution is -2.49. The average Bonchev–Trinajstić information content (AvgIpc) is 3.08. The van der Waals surface area contributed by atoms with Crippen LogP contribution in [0.5, 0.6) is 0 Å². The number of ether oxygens (including phenoxy) is 4. The molecule has 0 aliphatic carbocycles. The summed E-state index contributed by atoms with van der Waals surface area (Å²) in [6.07, 6.45) is 0.229. The minimum atomic E-state index is -1.17. The highest BCUT2D eigenvalue weighted by atomic mass is 16.7. The van der Waals surface area contributed by atoms with Gasteiger partial charge in [0, 0.05) is 24.8 Å². The van der Waals surface area contributed by atoms with Gasteiger partial charge in [-0.15, -0.1) is 12.1 Å². The molecule has 4 atom stereocenters. The van der Waals surface area contributed by atoms with Crippen molar-refractivity contribution in [3.8, 4) is 0 Å². The number of esters is 3. The Bertz CT molecular complexity index is 794. The molecular formula is C20H25NO9. The topological polar surface area (TPSA) is 129 Å². The Kier molecular flexibility index (Phi) is 8.28. The number of nitrogens with zero attached hydrogens (tertiary/aromatic N) is 1. The van der Waals surface area contributed by atoms with E-state index in [1.807, 2.05) is 0 Å². The lowest BCUT2D eigenvalue weighted by Gasteiger charge is -2.23. The highest BCUT2D eigenvalue weighted by Crippen LogP contribution is 2.31. The largest absolute Gasteiger partial charge is 0.479 e. The highest BCUT2D eigenvalue weighted by Gasteiger charge is 2.53. The van der Waals surface area contributed by atoms with Crippen LogP contribution in [-0.4, -0.2) is 53.9 Å². The molecule has 2 heterocycles. The van der Waals surface area contributed by atoms with Crippen LogP contribution in [0.3, 0.4) is 0 Å². The maximum absolute atomic E-state index is 12.0. The van der Waals surface area contributed by atoms with Crippen LogP contribution in [0.1, 0.15) is 56.6 Å². The molecule has 0 aromatic carbocycles. The summed E-state index contributed by atoms with van der Waals surface area (Å²) in [7, 11) is 0. The van der Waals surface area contributed by atoms with Crippen molar-refractivity contribution < 1.29 is 47.8 Å². The molecule has 1 N–H and O–H groups in total. The molecule has 1 aliphatic rings. The van der Waals surface area contributed by atoms with Crippen LogP contribution in [0, 0.1) is 6.20 Å². The molecule has 0 radical (unpaired) electrons. The number of carbonyl (C=O) groups excluding carboxylic acids is 3. The summed E-state index contributed by atoms with van der Waals surface area (Å²) in [5.74, 6) is -2.76. The first-order valence-corrected chi connectivity index (χ1v) is 9.66. The first-order chi connectivity index (χ1) is 14.3. The Morgan fingerprint density at radius 2 is 1.63 bits per heavy atom. The molecule has 0 saturated carbocycles. The second-order valence-electron chi connectivity index (χ2n) is 6.48. The molecule has 30 heavy (non-hydrogen) atoms. The van der Waals surface area contributed by atoms with E-state index in [-0.39, 0.29) is 31.4 Å². The maximum atomic E-state index is 12.0. The van der Waals surface area contributed by atoms with Crippen molar-refractivity contribution in [1.29, 1.82) is 0 Å². The van der Waals surface area contributed by atoms with E-state index in [2.05, 4.69) is 6.20 Å². The summed E-state index contributed by atoms with van der Waals surface area (Å²) in [5, 5.41) is 9.25. The molecule has 1 aliphatic heterocycles. The Balaban J connectivity index is 2.40. The molecule has 0 amide bonds. The molecule has 2 rings (SSSR count). The van der Waals surface area contributed by atoms with Gasteiger partial charge in [0.25, 0.3) is 6.23 Å². The lowest BCUT2D eigenvalue weighted by molar-refractivity contribution is -0.768. The lowest BCUT2D eigenvalue weighted by atomic mass is 10.1. The van der Waals surface area contributed by atoms with Crippen molar-refractivity contribution in [2.75, 3.05) is 6.61 Å². The first-order valence-electron chi connectivity index (χ1n) is 9.66. The fourth-order valence-corrected chi connectivity index (χ4v) is 2.80. The fraction of sp³-hybridized carbons (Fsp3) is 0.550. The van der Waals surface area contributed by atoms with Crippen molar-refractivity contribution in [2.24, 2.45) is 0 Å². The second kappa shape index (κ2) is 10.7. The molecule has 10 nitrogen and oxygen atoms in total. The SMILES string of the molecule is CCC(=O)OC[C@H]1O[C@@H]([n+]2[c-]ccc(C(=O)O)c2)[C@H](OC(=O)CC)[C@@H]1OC(=O)CC. The van der Waals surface area contributed by atoms with Crippen molar-refractivity contribution in [3.05, 3.63) is 30.1 Å². The summed E-state index contributed by atoms with van der Waals surface area (Å²) < 4.78 is 23.3. The van der Waals surface area contributed by atoms with Gasteiger partial charge in [0.2, 0.25) is 6.10 Å². The molecule has 0 bridgehead atoms. The molecule has 1 saturated heterocycles. The van der Waals surface area contributed by atoms with E-state index in [1.165, 1.54) is 22.9 Å². The number of carboxylic acids is 1. The number of carboxylic acid groups (broad SMARTS) is 1. The Morgan fingerprint density at radius 3 is 2.20 bits per heavy atom. The number of aromatic nitrogens is 1. The third-order valence-corrected chi connectivity index (χ3v) is 4.38. The van der Waals surface area contributed by atoms with Gasteiger partial charge in [0.05, 0.1) is 6.20 Å². The molecular weight excluding hydrogens is 398 g/mol. The van der Waals surface area contributed by atoms with Gasteiger partial charge in [-0.1, -0.05) is 20.8 Å². The standard InChI is InChI=1S/C20H25NO9/c1-4-14(22)27-11-13-17(29-15(23)5-2)18(30-16(24)6-3)19(28-13)21-9-7-8-12(10-21)20(25)26/h7-8,10,13,17-19H,4-6,11H2,1-3H3,(H,25,26)/t13-,17-,18-,19-/m1/s1. The minimum Gasteiger partial charge on any atom is -0.479 e. The first kappa shape index (κ1) is 23.3. The highest BCUT2D eigenvalue weighted by molar-refractivity contribution is 5.86. The number of pyridine rings is 1. The number of hydrogen-bond acceptors (Lipinski definition) is 8. The summed E-state index contributed by atoms with van der Waals surface area (Å²) >= 11 is 0. The maximum Gasteiger partial charge on any atom is 0.316 e. The molecule has 10 heteroatoms. The zero-order chi connectivity index (χ0) is 22.3. The zero-order valence-corrected chi connectivity index (χ0v) is 17.0. The fourth-order valence-electron chi connectivity index (χ4n) is 2.80. The number of rotatable bonds is 9. The smallest absolute Gasteiger partial charge is 0.316 e. The molecule has 1 fully saturated rings. The zero-order valence-electron chi connectivity index (χ0n) is 17.0. The Hall–Kier alpha value is -3.01. The van der Waals surface area contributed by atoms with Crippen LogP contribution < -0.4 is 4.57 Å². The third-order valence-electron chi connectivity index (χ3n) is 4.38. The van der Waals surface area contributed by atoms with Gasteiger partial charge in [-0.25, -0.2) is 4.79 Å².